The van der Waals surface area contributed by atoms with Gasteiger partial charge < -0.3 is 21.1 Å². The lowest BCUT2D eigenvalue weighted by Gasteiger charge is -2.46. The molecule has 1 saturated heterocycles. The zero-order chi connectivity index (χ0) is 20.2. The summed E-state index contributed by atoms with van der Waals surface area (Å²) in [5.41, 5.74) is 6.18. The van der Waals surface area contributed by atoms with Crippen LogP contribution in [0.4, 0.5) is 0 Å². The molecule has 0 saturated carbocycles. The maximum atomic E-state index is 12.3. The Labute approximate surface area is 162 Å². The van der Waals surface area contributed by atoms with Crippen LogP contribution in [-0.4, -0.2) is 35.0 Å². The van der Waals surface area contributed by atoms with Gasteiger partial charge in [0.25, 0.3) is 5.91 Å². The van der Waals surface area contributed by atoms with Crippen molar-refractivity contribution >= 4 is 11.8 Å². The van der Waals surface area contributed by atoms with E-state index in [9.17, 15) is 9.59 Å². The highest BCUT2D eigenvalue weighted by Crippen LogP contribution is 2.28. The van der Waals surface area contributed by atoms with E-state index >= 15 is 0 Å². The predicted octanol–water partition coefficient (Wildman–Crippen LogP) is 2.11. The maximum absolute atomic E-state index is 12.3. The number of carbonyl (C=O) groups is 2. The largest absolute Gasteiger partial charge is 0.481 e. The first kappa shape index (κ1) is 21.2. The van der Waals surface area contributed by atoms with Crippen LogP contribution in [0.1, 0.15) is 53.0 Å². The lowest BCUT2D eigenvalue weighted by molar-refractivity contribution is -0.124. The number of piperidine rings is 1. The number of nitrogens with one attached hydrogen (secondary N) is 2. The summed E-state index contributed by atoms with van der Waals surface area (Å²) in [5, 5.41) is 6.76. The molecule has 0 spiro atoms. The Morgan fingerprint density at radius 3 is 2.30 bits per heavy atom. The minimum absolute atomic E-state index is 0.00240. The second-order valence-corrected chi connectivity index (χ2v) is 8.72. The first-order valence-electron chi connectivity index (χ1n) is 9.44. The zero-order valence-corrected chi connectivity index (χ0v) is 17.0. The van der Waals surface area contributed by atoms with Crippen LogP contribution in [0.2, 0.25) is 0 Å². The smallest absolute Gasteiger partial charge is 0.258 e. The molecule has 0 unspecified atom stereocenters. The van der Waals surface area contributed by atoms with Gasteiger partial charge in [-0.2, -0.15) is 0 Å². The van der Waals surface area contributed by atoms with E-state index in [-0.39, 0.29) is 23.0 Å². The molecular weight excluding hydrogens is 342 g/mol. The van der Waals surface area contributed by atoms with Crippen LogP contribution in [0, 0.1) is 6.42 Å². The molecule has 1 heterocycles. The molecule has 1 aromatic rings. The summed E-state index contributed by atoms with van der Waals surface area (Å²) in [4.78, 5) is 23.4. The van der Waals surface area contributed by atoms with Gasteiger partial charge in [0.2, 0.25) is 5.91 Å². The van der Waals surface area contributed by atoms with E-state index in [4.69, 9.17) is 10.5 Å². The van der Waals surface area contributed by atoms with Crippen molar-refractivity contribution in [2.24, 2.45) is 5.73 Å². The maximum Gasteiger partial charge on any atom is 0.258 e. The fourth-order valence-electron chi connectivity index (χ4n) is 3.86. The summed E-state index contributed by atoms with van der Waals surface area (Å²) < 4.78 is 5.43. The number of primary amides is 1. The molecule has 0 bridgehead atoms. The second kappa shape index (κ2) is 8.30. The van der Waals surface area contributed by atoms with E-state index in [2.05, 4.69) is 38.3 Å². The van der Waals surface area contributed by atoms with Gasteiger partial charge in [0.15, 0.2) is 6.10 Å². The molecule has 0 aromatic heterocycles. The number of hydrogen-bond donors (Lipinski definition) is 3. The number of amides is 2. The van der Waals surface area contributed by atoms with Crippen molar-refractivity contribution < 1.29 is 14.3 Å². The van der Waals surface area contributed by atoms with Gasteiger partial charge in [0.05, 0.1) is 6.42 Å². The summed E-state index contributed by atoms with van der Waals surface area (Å²) >= 11 is 0. The molecule has 0 aliphatic carbocycles. The van der Waals surface area contributed by atoms with E-state index in [0.717, 1.165) is 18.4 Å². The summed E-state index contributed by atoms with van der Waals surface area (Å²) in [5.74, 6) is 0.0261. The van der Waals surface area contributed by atoms with Gasteiger partial charge in [-0.25, -0.2) is 0 Å². The minimum Gasteiger partial charge on any atom is -0.481 e. The summed E-state index contributed by atoms with van der Waals surface area (Å²) in [7, 11) is 0. The van der Waals surface area contributed by atoms with Crippen molar-refractivity contribution in [2.45, 2.75) is 77.1 Å². The number of ether oxygens (including phenoxy) is 1. The van der Waals surface area contributed by atoms with Crippen LogP contribution in [0.25, 0.3) is 0 Å². The van der Waals surface area contributed by atoms with Crippen LogP contribution in [0.5, 0.6) is 5.75 Å². The average Bonchev–Trinajstić information content (AvgIpc) is 2.51. The van der Waals surface area contributed by atoms with Crippen LogP contribution in [0.15, 0.2) is 24.3 Å². The molecule has 2 rings (SSSR count). The monoisotopic (exact) mass is 374 g/mol. The van der Waals surface area contributed by atoms with Gasteiger partial charge in [0, 0.05) is 17.1 Å². The Balaban J connectivity index is 1.82. The normalized spacial score (nSPS) is 19.9. The van der Waals surface area contributed by atoms with Crippen LogP contribution >= 0.6 is 0 Å². The number of rotatable bonds is 7. The van der Waals surface area contributed by atoms with Crippen molar-refractivity contribution in [2.75, 3.05) is 0 Å². The van der Waals surface area contributed by atoms with Gasteiger partial charge in [0.1, 0.15) is 5.75 Å². The van der Waals surface area contributed by atoms with Crippen LogP contribution in [-0.2, 0) is 16.0 Å². The summed E-state index contributed by atoms with van der Waals surface area (Å²) in [6.45, 7) is 10.3. The van der Waals surface area contributed by atoms with Crippen LogP contribution < -0.4 is 21.1 Å². The summed E-state index contributed by atoms with van der Waals surface area (Å²) in [6.07, 6.45) is 3.34. The highest BCUT2D eigenvalue weighted by atomic mass is 16.5. The van der Waals surface area contributed by atoms with Gasteiger partial charge in [-0.1, -0.05) is 12.1 Å². The Hall–Kier alpha value is -2.08. The molecule has 1 atom stereocenters. The Kier molecular flexibility index (Phi) is 6.52. The van der Waals surface area contributed by atoms with E-state index in [0.29, 0.717) is 12.2 Å². The first-order chi connectivity index (χ1) is 12.5. The Morgan fingerprint density at radius 1 is 1.22 bits per heavy atom. The van der Waals surface area contributed by atoms with Gasteiger partial charge in [-0.3, -0.25) is 9.59 Å². The molecule has 1 aliphatic heterocycles. The third-order valence-corrected chi connectivity index (χ3v) is 4.70. The molecule has 1 fully saturated rings. The molecule has 1 aliphatic rings. The lowest BCUT2D eigenvalue weighted by Crippen LogP contribution is -2.62. The average molecular weight is 375 g/mol. The lowest BCUT2D eigenvalue weighted by atomic mass is 9.79. The number of carbonyl (C=O) groups excluding carboxylic acids is 2. The second-order valence-electron chi connectivity index (χ2n) is 8.72. The molecule has 6 heteroatoms. The quantitative estimate of drug-likeness (QED) is 0.681. The fraction of sp³-hybridized carbons (Fsp3) is 0.571. The van der Waals surface area contributed by atoms with Crippen LogP contribution in [0.3, 0.4) is 0 Å². The SMILES string of the molecule is C[C@H](Oc1ccc(C[CH]C(=O)NC2CC(C)(C)NC(C)(C)C2)cc1)C(N)=O. The van der Waals surface area contributed by atoms with Gasteiger partial charge >= 0.3 is 0 Å². The zero-order valence-electron chi connectivity index (χ0n) is 17.0. The molecule has 149 valence electrons. The third-order valence-electron chi connectivity index (χ3n) is 4.70. The fourth-order valence-corrected chi connectivity index (χ4v) is 3.86. The van der Waals surface area contributed by atoms with Crippen molar-refractivity contribution in [1.82, 2.24) is 10.6 Å². The highest BCUT2D eigenvalue weighted by molar-refractivity contribution is 5.85. The topological polar surface area (TPSA) is 93.4 Å². The molecule has 1 aromatic carbocycles. The number of nitrogens with two attached hydrogens (primary N) is 1. The van der Waals surface area contributed by atoms with Gasteiger partial charge in [-0.15, -0.1) is 0 Å². The van der Waals surface area contributed by atoms with E-state index < -0.39 is 12.0 Å². The standard InChI is InChI=1S/C21H32N3O3/c1-14(19(22)26)27-17-9-6-15(7-10-17)8-11-18(25)23-16-12-20(2,3)24-21(4,5)13-16/h6-7,9-11,14,16,24H,8,12-13H2,1-5H3,(H2,22,26)(H,23,25)/t14-/m0/s1. The van der Waals surface area contributed by atoms with Crippen molar-refractivity contribution in [1.29, 1.82) is 0 Å². The van der Waals surface area contributed by atoms with Gasteiger partial charge in [-0.05, 0) is 71.6 Å². The first-order valence-corrected chi connectivity index (χ1v) is 9.44. The number of hydrogen-bond acceptors (Lipinski definition) is 4. The van der Waals surface area contributed by atoms with Crippen molar-refractivity contribution in [3.05, 3.63) is 36.2 Å². The van der Waals surface area contributed by atoms with E-state index in [1.54, 1.807) is 25.5 Å². The molecule has 4 N–H and O–H groups in total. The van der Waals surface area contributed by atoms with Crippen molar-refractivity contribution in [3.63, 3.8) is 0 Å². The third kappa shape index (κ3) is 6.86. The molecule has 1 radical (unpaired) electrons. The van der Waals surface area contributed by atoms with Crippen molar-refractivity contribution in [3.8, 4) is 5.75 Å². The van der Waals surface area contributed by atoms with E-state index in [1.807, 2.05) is 12.1 Å². The predicted molar refractivity (Wildman–Crippen MR) is 106 cm³/mol. The molecule has 27 heavy (non-hydrogen) atoms. The Morgan fingerprint density at radius 2 is 1.78 bits per heavy atom. The highest BCUT2D eigenvalue weighted by Gasteiger charge is 2.38. The molecular formula is C21H32N3O3. The molecule has 6 nitrogen and oxygen atoms in total. The molecule has 2 amide bonds. The van der Waals surface area contributed by atoms with E-state index in [1.165, 1.54) is 0 Å². The minimum atomic E-state index is -0.674. The summed E-state index contributed by atoms with van der Waals surface area (Å²) in [6, 6.07) is 7.47. The number of benzene rings is 1. The Bertz CT molecular complexity index is 652.